The van der Waals surface area contributed by atoms with Crippen molar-refractivity contribution in [1.82, 2.24) is 15.0 Å². The maximum atomic E-state index is 11.5. The summed E-state index contributed by atoms with van der Waals surface area (Å²) in [5, 5.41) is 4.12. The lowest BCUT2D eigenvalue weighted by Gasteiger charge is -2.04. The van der Waals surface area contributed by atoms with E-state index in [4.69, 9.17) is 0 Å². The van der Waals surface area contributed by atoms with Gasteiger partial charge in [-0.05, 0) is 0 Å². The van der Waals surface area contributed by atoms with Gasteiger partial charge in [-0.3, -0.25) is 4.79 Å². The number of imidazole rings is 1. The molecular weight excluding hydrogens is 216 g/mol. The first kappa shape index (κ1) is 9.77. The number of fused-ring (bicyclic) bond motifs is 1. The van der Waals surface area contributed by atoms with Crippen LogP contribution < -0.4 is 5.43 Å². The van der Waals surface area contributed by atoms with Crippen LogP contribution in [-0.4, -0.2) is 21.2 Å². The monoisotopic (exact) mass is 226 g/mol. The van der Waals surface area contributed by atoms with E-state index >= 15 is 0 Å². The lowest BCUT2D eigenvalue weighted by atomic mass is 10.1. The van der Waals surface area contributed by atoms with Crippen LogP contribution in [0.4, 0.5) is 0 Å². The largest absolute Gasteiger partial charge is 0.320 e. The van der Waals surface area contributed by atoms with Crippen LogP contribution in [0.1, 0.15) is 11.4 Å². The standard InChI is InChI=1S/C12H10N4O/c17-10-8-16-7-6-13-12(16)11(15-14-10)9-4-2-1-3-5-9/h1-7H,8H2,(H,14,17). The fraction of sp³-hybridized carbons (Fsp3) is 0.0833. The Morgan fingerprint density at radius 3 is 2.88 bits per heavy atom. The van der Waals surface area contributed by atoms with Crippen LogP contribution in [0.5, 0.6) is 0 Å². The SMILES string of the molecule is O=C1Cn2ccnc2C(c2ccccc2)=NN1. The number of nitrogens with zero attached hydrogens (tertiary/aromatic N) is 3. The molecule has 1 aromatic carbocycles. The van der Waals surface area contributed by atoms with Gasteiger partial charge in [0, 0.05) is 18.0 Å². The maximum Gasteiger partial charge on any atom is 0.260 e. The highest BCUT2D eigenvalue weighted by Crippen LogP contribution is 2.11. The molecule has 0 aliphatic carbocycles. The predicted octanol–water partition coefficient (Wildman–Crippen LogP) is 0.765. The Labute approximate surface area is 97.8 Å². The Hall–Kier alpha value is -2.43. The number of hydrogen-bond donors (Lipinski definition) is 1. The minimum atomic E-state index is -0.143. The number of hydrogen-bond acceptors (Lipinski definition) is 3. The molecule has 0 fully saturated rings. The molecule has 2 aromatic rings. The summed E-state index contributed by atoms with van der Waals surface area (Å²) in [7, 11) is 0. The van der Waals surface area contributed by atoms with Crippen molar-refractivity contribution in [1.29, 1.82) is 0 Å². The molecule has 0 unspecified atom stereocenters. The Bertz CT molecular complexity index is 586. The van der Waals surface area contributed by atoms with Gasteiger partial charge in [0.25, 0.3) is 5.91 Å². The van der Waals surface area contributed by atoms with Gasteiger partial charge >= 0.3 is 0 Å². The zero-order valence-electron chi connectivity index (χ0n) is 9.00. The summed E-state index contributed by atoms with van der Waals surface area (Å²) in [5.41, 5.74) is 4.13. The highest BCUT2D eigenvalue weighted by molar-refractivity contribution is 6.11. The van der Waals surface area contributed by atoms with Crippen LogP contribution in [0.15, 0.2) is 47.8 Å². The van der Waals surface area contributed by atoms with Crippen molar-refractivity contribution >= 4 is 11.6 Å². The number of benzene rings is 1. The lowest BCUT2D eigenvalue weighted by Crippen LogP contribution is -2.20. The van der Waals surface area contributed by atoms with Crippen LogP contribution in [0.25, 0.3) is 0 Å². The molecule has 5 heteroatoms. The van der Waals surface area contributed by atoms with Crippen LogP contribution >= 0.6 is 0 Å². The Morgan fingerprint density at radius 2 is 2.06 bits per heavy atom. The summed E-state index contributed by atoms with van der Waals surface area (Å²) in [4.78, 5) is 15.7. The van der Waals surface area contributed by atoms with E-state index in [1.54, 1.807) is 17.0 Å². The van der Waals surface area contributed by atoms with Crippen molar-refractivity contribution < 1.29 is 4.79 Å². The van der Waals surface area contributed by atoms with Crippen molar-refractivity contribution in [3.8, 4) is 0 Å². The van der Waals surface area contributed by atoms with Crippen LogP contribution in [0.3, 0.4) is 0 Å². The first-order chi connectivity index (χ1) is 8.34. The average Bonchev–Trinajstić information content (AvgIpc) is 2.73. The number of amides is 1. The molecule has 1 aromatic heterocycles. The first-order valence-corrected chi connectivity index (χ1v) is 5.28. The molecule has 0 atom stereocenters. The smallest absolute Gasteiger partial charge is 0.260 e. The quantitative estimate of drug-likeness (QED) is 0.780. The van der Waals surface area contributed by atoms with Gasteiger partial charge in [-0.2, -0.15) is 5.10 Å². The number of nitrogens with one attached hydrogen (secondary N) is 1. The molecule has 0 saturated heterocycles. The molecule has 0 saturated carbocycles. The zero-order valence-corrected chi connectivity index (χ0v) is 9.00. The molecule has 17 heavy (non-hydrogen) atoms. The van der Waals surface area contributed by atoms with Crippen molar-refractivity contribution in [2.75, 3.05) is 0 Å². The second kappa shape index (κ2) is 3.86. The van der Waals surface area contributed by atoms with Gasteiger partial charge in [0.05, 0.1) is 0 Å². The van der Waals surface area contributed by atoms with E-state index in [1.165, 1.54) is 0 Å². The van der Waals surface area contributed by atoms with Crippen LogP contribution in [0.2, 0.25) is 0 Å². The summed E-state index contributed by atoms with van der Waals surface area (Å²) >= 11 is 0. The normalized spacial score (nSPS) is 14.6. The molecule has 0 spiro atoms. The molecule has 3 rings (SSSR count). The van der Waals surface area contributed by atoms with Gasteiger partial charge in [-0.25, -0.2) is 10.4 Å². The van der Waals surface area contributed by atoms with Crippen LogP contribution in [-0.2, 0) is 11.3 Å². The molecule has 5 nitrogen and oxygen atoms in total. The molecule has 84 valence electrons. The zero-order chi connectivity index (χ0) is 11.7. The third-order valence-corrected chi connectivity index (χ3v) is 2.58. The minimum absolute atomic E-state index is 0.143. The van der Waals surface area contributed by atoms with E-state index in [1.807, 2.05) is 30.3 Å². The highest BCUT2D eigenvalue weighted by atomic mass is 16.2. The minimum Gasteiger partial charge on any atom is -0.320 e. The van der Waals surface area contributed by atoms with Gasteiger partial charge < -0.3 is 4.57 Å². The topological polar surface area (TPSA) is 59.3 Å². The van der Waals surface area contributed by atoms with E-state index in [2.05, 4.69) is 15.5 Å². The van der Waals surface area contributed by atoms with Gasteiger partial charge in [0.1, 0.15) is 12.3 Å². The predicted molar refractivity (Wildman–Crippen MR) is 62.5 cm³/mol. The fourth-order valence-corrected chi connectivity index (χ4v) is 1.80. The molecule has 0 radical (unpaired) electrons. The fourth-order valence-electron chi connectivity index (χ4n) is 1.80. The summed E-state index contributed by atoms with van der Waals surface area (Å²) in [6, 6.07) is 9.67. The Balaban J connectivity index is 2.14. The number of carbonyl (C=O) groups is 1. The second-order valence-corrected chi connectivity index (χ2v) is 3.74. The number of rotatable bonds is 1. The van der Waals surface area contributed by atoms with Crippen molar-refractivity contribution in [3.05, 3.63) is 54.1 Å². The molecule has 2 heterocycles. The number of carbonyl (C=O) groups excluding carboxylic acids is 1. The average molecular weight is 226 g/mol. The second-order valence-electron chi connectivity index (χ2n) is 3.74. The molecule has 1 amide bonds. The third-order valence-electron chi connectivity index (χ3n) is 2.58. The van der Waals surface area contributed by atoms with Crippen molar-refractivity contribution in [2.45, 2.75) is 6.54 Å². The Morgan fingerprint density at radius 1 is 1.24 bits per heavy atom. The van der Waals surface area contributed by atoms with E-state index in [-0.39, 0.29) is 12.5 Å². The molecular formula is C12H10N4O. The summed E-state index contributed by atoms with van der Waals surface area (Å²) < 4.78 is 1.79. The summed E-state index contributed by atoms with van der Waals surface area (Å²) in [5.74, 6) is 0.560. The van der Waals surface area contributed by atoms with E-state index in [0.29, 0.717) is 11.5 Å². The molecule has 0 bridgehead atoms. The van der Waals surface area contributed by atoms with Crippen molar-refractivity contribution in [2.24, 2.45) is 5.10 Å². The summed E-state index contributed by atoms with van der Waals surface area (Å²) in [6.45, 7) is 0.245. The van der Waals surface area contributed by atoms with Gasteiger partial charge in [0.15, 0.2) is 5.82 Å². The summed E-state index contributed by atoms with van der Waals surface area (Å²) in [6.07, 6.45) is 3.45. The first-order valence-electron chi connectivity index (χ1n) is 5.28. The lowest BCUT2D eigenvalue weighted by molar-refractivity contribution is -0.121. The van der Waals surface area contributed by atoms with Gasteiger partial charge in [-0.1, -0.05) is 30.3 Å². The van der Waals surface area contributed by atoms with E-state index < -0.39 is 0 Å². The van der Waals surface area contributed by atoms with Crippen molar-refractivity contribution in [3.63, 3.8) is 0 Å². The van der Waals surface area contributed by atoms with Crippen LogP contribution in [0, 0.1) is 0 Å². The van der Waals surface area contributed by atoms with E-state index in [9.17, 15) is 4.79 Å². The maximum absolute atomic E-state index is 11.5. The number of aromatic nitrogens is 2. The van der Waals surface area contributed by atoms with Gasteiger partial charge in [0.2, 0.25) is 0 Å². The molecule has 1 aliphatic heterocycles. The molecule has 1 aliphatic rings. The Kier molecular flexibility index (Phi) is 2.22. The third kappa shape index (κ3) is 1.71. The van der Waals surface area contributed by atoms with E-state index in [0.717, 1.165) is 5.56 Å². The molecule has 1 N–H and O–H groups in total. The highest BCUT2D eigenvalue weighted by Gasteiger charge is 2.18. The van der Waals surface area contributed by atoms with Gasteiger partial charge in [-0.15, -0.1) is 0 Å². The number of hydrazone groups is 1.